The molecule has 0 aliphatic heterocycles. The van der Waals surface area contributed by atoms with Crippen LogP contribution in [0.5, 0.6) is 0 Å². The van der Waals surface area contributed by atoms with Gasteiger partial charge >= 0.3 is 0 Å². The fourth-order valence-corrected chi connectivity index (χ4v) is 1.74. The first-order chi connectivity index (χ1) is 8.61. The highest BCUT2D eigenvalue weighted by Crippen LogP contribution is 2.09. The molecule has 18 heavy (non-hydrogen) atoms. The minimum atomic E-state index is -0.279. The lowest BCUT2D eigenvalue weighted by Crippen LogP contribution is -2.23. The molecule has 100 valence electrons. The maximum atomic E-state index is 12.9. The molecule has 3 nitrogen and oxygen atoms in total. The summed E-state index contributed by atoms with van der Waals surface area (Å²) >= 11 is 0. The topological polar surface area (TPSA) is 55.1 Å². The van der Waals surface area contributed by atoms with Crippen LogP contribution in [0.2, 0.25) is 0 Å². The highest BCUT2D eigenvalue weighted by atomic mass is 19.1. The number of hydrogen-bond donors (Lipinski definition) is 2. The summed E-state index contributed by atoms with van der Waals surface area (Å²) in [6.07, 6.45) is 2.28. The second-order valence-electron chi connectivity index (χ2n) is 4.63. The minimum Gasteiger partial charge on any atom is -0.352 e. The van der Waals surface area contributed by atoms with E-state index in [2.05, 4.69) is 12.2 Å². The number of hydrogen-bond acceptors (Lipinski definition) is 2. The molecule has 1 aromatic carbocycles. The minimum absolute atomic E-state index is 0.00290. The first kappa shape index (κ1) is 14.6. The second-order valence-corrected chi connectivity index (χ2v) is 4.63. The van der Waals surface area contributed by atoms with Gasteiger partial charge < -0.3 is 11.1 Å². The third kappa shape index (κ3) is 5.77. The third-order valence-corrected chi connectivity index (χ3v) is 2.90. The quantitative estimate of drug-likeness (QED) is 0.781. The summed E-state index contributed by atoms with van der Waals surface area (Å²) in [5, 5.41) is 2.79. The van der Waals surface area contributed by atoms with Gasteiger partial charge in [-0.25, -0.2) is 4.39 Å². The van der Waals surface area contributed by atoms with Gasteiger partial charge in [0.2, 0.25) is 5.91 Å². The van der Waals surface area contributed by atoms with E-state index in [0.717, 1.165) is 18.4 Å². The van der Waals surface area contributed by atoms with Crippen LogP contribution >= 0.6 is 0 Å². The summed E-state index contributed by atoms with van der Waals surface area (Å²) in [4.78, 5) is 11.6. The predicted molar refractivity (Wildman–Crippen MR) is 70.3 cm³/mol. The first-order valence-electron chi connectivity index (χ1n) is 6.33. The van der Waals surface area contributed by atoms with Crippen molar-refractivity contribution in [1.29, 1.82) is 0 Å². The zero-order chi connectivity index (χ0) is 13.4. The summed E-state index contributed by atoms with van der Waals surface area (Å²) in [5.74, 6) is 0.191. The molecule has 0 spiro atoms. The highest BCUT2D eigenvalue weighted by Gasteiger charge is 2.06. The van der Waals surface area contributed by atoms with Gasteiger partial charge in [0, 0.05) is 13.0 Å². The van der Waals surface area contributed by atoms with Crippen molar-refractivity contribution in [3.8, 4) is 0 Å². The van der Waals surface area contributed by atoms with Crippen molar-refractivity contribution in [2.24, 2.45) is 11.7 Å². The van der Waals surface area contributed by atoms with E-state index < -0.39 is 0 Å². The molecule has 0 aliphatic rings. The number of amides is 1. The Morgan fingerprint density at radius 1 is 1.44 bits per heavy atom. The van der Waals surface area contributed by atoms with Crippen LogP contribution < -0.4 is 11.1 Å². The van der Waals surface area contributed by atoms with Crippen LogP contribution in [0.25, 0.3) is 0 Å². The summed E-state index contributed by atoms with van der Waals surface area (Å²) < 4.78 is 12.9. The smallest absolute Gasteiger partial charge is 0.220 e. The molecule has 0 aliphatic carbocycles. The van der Waals surface area contributed by atoms with E-state index in [4.69, 9.17) is 5.73 Å². The van der Waals surface area contributed by atoms with E-state index in [1.54, 1.807) is 12.1 Å². The number of nitrogens with two attached hydrogens (primary N) is 1. The van der Waals surface area contributed by atoms with Gasteiger partial charge in [0.05, 0.1) is 0 Å². The predicted octanol–water partition coefficient (Wildman–Crippen LogP) is 2.21. The zero-order valence-corrected chi connectivity index (χ0v) is 10.8. The Bertz CT molecular complexity index is 382. The summed E-state index contributed by atoms with van der Waals surface area (Å²) in [7, 11) is 0. The van der Waals surface area contributed by atoms with Crippen molar-refractivity contribution in [3.63, 3.8) is 0 Å². The summed E-state index contributed by atoms with van der Waals surface area (Å²) in [6, 6.07) is 6.25. The van der Waals surface area contributed by atoms with Crippen molar-refractivity contribution in [2.75, 3.05) is 6.54 Å². The normalized spacial score (nSPS) is 12.2. The van der Waals surface area contributed by atoms with Gasteiger partial charge in [-0.3, -0.25) is 4.79 Å². The molecule has 1 amide bonds. The van der Waals surface area contributed by atoms with Gasteiger partial charge in [-0.2, -0.15) is 0 Å². The van der Waals surface area contributed by atoms with Crippen LogP contribution in [-0.2, 0) is 11.3 Å². The molecular formula is C14H21FN2O. The molecule has 0 fully saturated rings. The molecule has 1 aromatic rings. The largest absolute Gasteiger partial charge is 0.352 e. The van der Waals surface area contributed by atoms with Crippen molar-refractivity contribution in [1.82, 2.24) is 5.32 Å². The van der Waals surface area contributed by atoms with Crippen molar-refractivity contribution in [3.05, 3.63) is 35.6 Å². The van der Waals surface area contributed by atoms with Crippen LogP contribution in [0.1, 0.15) is 31.7 Å². The van der Waals surface area contributed by atoms with Crippen LogP contribution in [-0.4, -0.2) is 12.5 Å². The SMILES string of the molecule is CC(CCN)CCC(=O)NCc1cccc(F)c1. The standard InChI is InChI=1S/C14H21FN2O/c1-11(7-8-16)5-6-14(18)17-10-12-3-2-4-13(15)9-12/h2-4,9,11H,5-8,10,16H2,1H3,(H,17,18). The fourth-order valence-electron chi connectivity index (χ4n) is 1.74. The van der Waals surface area contributed by atoms with Crippen LogP contribution in [0.15, 0.2) is 24.3 Å². The molecule has 3 N–H and O–H groups in total. The second kappa shape index (κ2) is 7.82. The molecule has 4 heteroatoms. The van der Waals surface area contributed by atoms with Gasteiger partial charge in [-0.15, -0.1) is 0 Å². The maximum absolute atomic E-state index is 12.9. The number of carbonyl (C=O) groups excluding carboxylic acids is 1. The van der Waals surface area contributed by atoms with Crippen molar-refractivity contribution >= 4 is 5.91 Å². The van der Waals surface area contributed by atoms with Crippen LogP contribution in [0.3, 0.4) is 0 Å². The Balaban J connectivity index is 2.25. The van der Waals surface area contributed by atoms with E-state index >= 15 is 0 Å². The Labute approximate surface area is 108 Å². The first-order valence-corrected chi connectivity index (χ1v) is 6.33. The number of rotatable bonds is 7. The van der Waals surface area contributed by atoms with Crippen molar-refractivity contribution < 1.29 is 9.18 Å². The van der Waals surface area contributed by atoms with E-state index in [-0.39, 0.29) is 11.7 Å². The number of nitrogens with one attached hydrogen (secondary N) is 1. The monoisotopic (exact) mass is 252 g/mol. The lowest BCUT2D eigenvalue weighted by Gasteiger charge is -2.10. The van der Waals surface area contributed by atoms with Gasteiger partial charge in [0.25, 0.3) is 0 Å². The molecule has 1 rings (SSSR count). The van der Waals surface area contributed by atoms with E-state index in [1.165, 1.54) is 12.1 Å². The lowest BCUT2D eigenvalue weighted by atomic mass is 10.0. The third-order valence-electron chi connectivity index (χ3n) is 2.90. The molecular weight excluding hydrogens is 231 g/mol. The molecule has 1 unspecified atom stereocenters. The van der Waals surface area contributed by atoms with Gasteiger partial charge in [-0.1, -0.05) is 19.1 Å². The zero-order valence-electron chi connectivity index (χ0n) is 10.8. The number of halogens is 1. The van der Waals surface area contributed by atoms with Gasteiger partial charge in [0.15, 0.2) is 0 Å². The molecule has 0 radical (unpaired) electrons. The Kier molecular flexibility index (Phi) is 6.36. The maximum Gasteiger partial charge on any atom is 0.220 e. The Morgan fingerprint density at radius 2 is 2.22 bits per heavy atom. The Morgan fingerprint density at radius 3 is 2.89 bits per heavy atom. The number of carbonyl (C=O) groups is 1. The molecule has 1 atom stereocenters. The highest BCUT2D eigenvalue weighted by molar-refractivity contribution is 5.75. The van der Waals surface area contributed by atoms with E-state index in [1.807, 2.05) is 0 Å². The molecule has 0 heterocycles. The van der Waals surface area contributed by atoms with Crippen LogP contribution in [0.4, 0.5) is 4.39 Å². The average Bonchev–Trinajstić information content (AvgIpc) is 2.34. The molecule has 0 aromatic heterocycles. The summed E-state index contributed by atoms with van der Waals surface area (Å²) in [6.45, 7) is 3.13. The molecule has 0 saturated heterocycles. The lowest BCUT2D eigenvalue weighted by molar-refractivity contribution is -0.121. The van der Waals surface area contributed by atoms with Gasteiger partial charge in [-0.05, 0) is 43.0 Å². The number of benzene rings is 1. The van der Waals surface area contributed by atoms with Crippen LogP contribution in [0, 0.1) is 11.7 Å². The Hall–Kier alpha value is -1.42. The summed E-state index contributed by atoms with van der Waals surface area (Å²) in [5.41, 5.74) is 6.22. The fraction of sp³-hybridized carbons (Fsp3) is 0.500. The molecule has 0 bridgehead atoms. The van der Waals surface area contributed by atoms with E-state index in [0.29, 0.717) is 25.4 Å². The van der Waals surface area contributed by atoms with Gasteiger partial charge in [0.1, 0.15) is 5.82 Å². The average molecular weight is 252 g/mol. The molecule has 0 saturated carbocycles. The van der Waals surface area contributed by atoms with Crippen molar-refractivity contribution in [2.45, 2.75) is 32.7 Å². The van der Waals surface area contributed by atoms with E-state index in [9.17, 15) is 9.18 Å².